The summed E-state index contributed by atoms with van der Waals surface area (Å²) in [5, 5.41) is 0. The molecule has 0 saturated carbocycles. The first-order valence-electron chi connectivity index (χ1n) is 19.9. The molecule has 0 spiro atoms. The summed E-state index contributed by atoms with van der Waals surface area (Å²) in [5.41, 5.74) is 0. The van der Waals surface area contributed by atoms with Crippen molar-refractivity contribution < 1.29 is 16.9 Å². The third-order valence-corrected chi connectivity index (χ3v) is 9.73. The molecular weight excluding hydrogens is 530 g/mol. The summed E-state index contributed by atoms with van der Waals surface area (Å²) < 4.78 is 1.25. The molecule has 0 bridgehead atoms. The zero-order valence-electron chi connectivity index (χ0n) is 30.3. The molecule has 2 heteroatoms. The predicted octanol–water partition coefficient (Wildman–Crippen LogP) is 11.4. The van der Waals surface area contributed by atoms with E-state index in [4.69, 9.17) is 0 Å². The summed E-state index contributed by atoms with van der Waals surface area (Å²) in [6.45, 7) is 7.39. The molecule has 0 aliphatic heterocycles. The molecule has 0 unspecified atom stereocenters. The van der Waals surface area contributed by atoms with E-state index in [0.717, 1.165) is 0 Å². The van der Waals surface area contributed by atoms with Crippen LogP contribution in [0.4, 0.5) is 0 Å². The van der Waals surface area contributed by atoms with Crippen LogP contribution in [0, 0.1) is 0 Å². The third-order valence-electron chi connectivity index (χ3n) is 9.73. The summed E-state index contributed by atoms with van der Waals surface area (Å²) >= 11 is 0. The Bertz CT molecular complexity index is 423. The highest BCUT2D eigenvalue weighted by molar-refractivity contribution is 4.52. The molecule has 0 rings (SSSR count). The molecule has 0 fully saturated rings. The highest BCUT2D eigenvalue weighted by Gasteiger charge is 2.13. The van der Waals surface area contributed by atoms with Gasteiger partial charge in [-0.3, -0.25) is 0 Å². The number of unbranched alkanes of at least 4 members (excludes halogenated alkanes) is 32. The van der Waals surface area contributed by atoms with Gasteiger partial charge < -0.3 is 16.9 Å². The Morgan fingerprint density at radius 3 is 0.548 bits per heavy atom. The molecule has 42 heavy (non-hydrogen) atoms. The van der Waals surface area contributed by atoms with E-state index in [1.807, 2.05) is 0 Å². The van der Waals surface area contributed by atoms with Crippen molar-refractivity contribution in [3.63, 3.8) is 0 Å². The van der Waals surface area contributed by atoms with Gasteiger partial charge in [0.25, 0.3) is 0 Å². The first-order valence-corrected chi connectivity index (χ1v) is 19.9. The van der Waals surface area contributed by atoms with Gasteiger partial charge in [-0.1, -0.05) is 206 Å². The maximum absolute atomic E-state index is 2.47. The van der Waals surface area contributed by atoms with E-state index in [0.29, 0.717) is 0 Å². The van der Waals surface area contributed by atoms with Gasteiger partial charge in [0.15, 0.2) is 0 Å². The lowest BCUT2D eigenvalue weighted by molar-refractivity contribution is -0.890. The number of rotatable bonds is 36. The van der Waals surface area contributed by atoms with Gasteiger partial charge >= 0.3 is 0 Å². The van der Waals surface area contributed by atoms with E-state index in [2.05, 4.69) is 27.9 Å². The van der Waals surface area contributed by atoms with Crippen LogP contribution in [-0.2, 0) is 0 Å². The van der Waals surface area contributed by atoms with Gasteiger partial charge in [0, 0.05) is 0 Å². The molecule has 0 amide bonds. The number of nitrogens with zero attached hydrogens (tertiary/aromatic N) is 1. The molecule has 256 valence electrons. The zero-order valence-corrected chi connectivity index (χ0v) is 31.0. The Balaban J connectivity index is 0. The molecule has 0 heterocycles. The quantitative estimate of drug-likeness (QED) is 0.0487. The molecule has 0 radical (unpaired) electrons. The SMILES string of the molecule is CCCCCCCCCCCCCCCCCCC[N+](C)(C)CCCCCCCCCCCCCCCCCCC.[Cl-]. The van der Waals surface area contributed by atoms with Crippen molar-refractivity contribution in [1.82, 2.24) is 0 Å². The second kappa shape index (κ2) is 37.4. The lowest BCUT2D eigenvalue weighted by Gasteiger charge is -2.30. The normalized spacial score (nSPS) is 11.7. The molecule has 0 aliphatic rings. The fourth-order valence-electron chi connectivity index (χ4n) is 6.64. The predicted molar refractivity (Wildman–Crippen MR) is 190 cm³/mol. The smallest absolute Gasteiger partial charge is 0.0782 e. The van der Waals surface area contributed by atoms with E-state index in [1.165, 1.54) is 236 Å². The van der Waals surface area contributed by atoms with Crippen LogP contribution < -0.4 is 12.4 Å². The molecule has 0 aromatic heterocycles. The largest absolute Gasteiger partial charge is 1.00 e. The molecule has 0 N–H and O–H groups in total. The zero-order chi connectivity index (χ0) is 30.0. The van der Waals surface area contributed by atoms with Crippen molar-refractivity contribution in [1.29, 1.82) is 0 Å². The number of quaternary nitrogens is 1. The third kappa shape index (κ3) is 38.3. The molecule has 0 aliphatic carbocycles. The summed E-state index contributed by atoms with van der Waals surface area (Å²) in [6.07, 6.45) is 49.9. The topological polar surface area (TPSA) is 0 Å². The van der Waals surface area contributed by atoms with Crippen LogP contribution in [-0.4, -0.2) is 31.7 Å². The monoisotopic (exact) mass is 614 g/mol. The Morgan fingerprint density at radius 1 is 0.238 bits per heavy atom. The maximum Gasteiger partial charge on any atom is 0.0782 e. The minimum Gasteiger partial charge on any atom is -1.00 e. The lowest BCUT2D eigenvalue weighted by atomic mass is 10.0. The summed E-state index contributed by atoms with van der Waals surface area (Å²) in [5.74, 6) is 0. The minimum absolute atomic E-state index is 0. The standard InChI is InChI=1S/C40H84N.ClH/c1-5-7-9-11-13-15-17-19-21-23-25-27-29-31-33-35-37-39-41(3,4)40-38-36-34-32-30-28-26-24-22-20-18-16-14-12-10-8-6-2;/h5-40H2,1-4H3;1H/q+1;/p-1. The van der Waals surface area contributed by atoms with E-state index < -0.39 is 0 Å². The van der Waals surface area contributed by atoms with Crippen molar-refractivity contribution in [3.05, 3.63) is 0 Å². The van der Waals surface area contributed by atoms with Gasteiger partial charge in [0.1, 0.15) is 0 Å². The van der Waals surface area contributed by atoms with Gasteiger partial charge in [-0.2, -0.15) is 0 Å². The van der Waals surface area contributed by atoms with Crippen molar-refractivity contribution in [2.24, 2.45) is 0 Å². The molecular formula is C40H84ClN. The lowest BCUT2D eigenvalue weighted by Crippen LogP contribution is -3.00. The van der Waals surface area contributed by atoms with Crippen molar-refractivity contribution >= 4 is 0 Å². The van der Waals surface area contributed by atoms with Gasteiger partial charge in [0.05, 0.1) is 27.2 Å². The van der Waals surface area contributed by atoms with Crippen LogP contribution in [0.1, 0.15) is 232 Å². The molecule has 0 aromatic carbocycles. The Morgan fingerprint density at radius 2 is 0.381 bits per heavy atom. The van der Waals surface area contributed by atoms with Crippen LogP contribution in [0.2, 0.25) is 0 Å². The average Bonchev–Trinajstić information content (AvgIpc) is 2.96. The second-order valence-electron chi connectivity index (χ2n) is 14.7. The highest BCUT2D eigenvalue weighted by Crippen LogP contribution is 2.16. The number of hydrogen-bond acceptors (Lipinski definition) is 0. The summed E-state index contributed by atoms with van der Waals surface area (Å²) in [6, 6.07) is 0. The maximum atomic E-state index is 2.47. The first kappa shape index (κ1) is 44.4. The van der Waals surface area contributed by atoms with E-state index in [9.17, 15) is 0 Å². The Labute approximate surface area is 275 Å². The second-order valence-corrected chi connectivity index (χ2v) is 14.7. The van der Waals surface area contributed by atoms with E-state index >= 15 is 0 Å². The van der Waals surface area contributed by atoms with Crippen LogP contribution in [0.25, 0.3) is 0 Å². The fourth-order valence-corrected chi connectivity index (χ4v) is 6.64. The van der Waals surface area contributed by atoms with E-state index in [-0.39, 0.29) is 12.4 Å². The first-order chi connectivity index (χ1) is 20.1. The van der Waals surface area contributed by atoms with Crippen LogP contribution >= 0.6 is 0 Å². The van der Waals surface area contributed by atoms with Gasteiger partial charge in [-0.05, 0) is 25.7 Å². The molecule has 0 saturated heterocycles. The molecule has 0 atom stereocenters. The van der Waals surface area contributed by atoms with E-state index in [1.54, 1.807) is 0 Å². The average molecular weight is 615 g/mol. The van der Waals surface area contributed by atoms with Crippen LogP contribution in [0.3, 0.4) is 0 Å². The van der Waals surface area contributed by atoms with Crippen LogP contribution in [0.15, 0.2) is 0 Å². The summed E-state index contributed by atoms with van der Waals surface area (Å²) in [4.78, 5) is 0. The van der Waals surface area contributed by atoms with Gasteiger partial charge in [-0.25, -0.2) is 0 Å². The Hall–Kier alpha value is 0.250. The van der Waals surface area contributed by atoms with Crippen LogP contribution in [0.5, 0.6) is 0 Å². The highest BCUT2D eigenvalue weighted by atomic mass is 35.5. The molecule has 0 aromatic rings. The van der Waals surface area contributed by atoms with Gasteiger partial charge in [0.2, 0.25) is 0 Å². The minimum atomic E-state index is 0. The number of halogens is 1. The van der Waals surface area contributed by atoms with Gasteiger partial charge in [-0.15, -0.1) is 0 Å². The fraction of sp³-hybridized carbons (Fsp3) is 1.00. The molecule has 1 nitrogen and oxygen atoms in total. The summed E-state index contributed by atoms with van der Waals surface area (Å²) in [7, 11) is 4.94. The van der Waals surface area contributed by atoms with Crippen molar-refractivity contribution in [3.8, 4) is 0 Å². The Kier molecular flexibility index (Phi) is 39.6. The van der Waals surface area contributed by atoms with Crippen molar-refractivity contribution in [2.45, 2.75) is 232 Å². The van der Waals surface area contributed by atoms with Crippen molar-refractivity contribution in [2.75, 3.05) is 27.2 Å². The number of hydrogen-bond donors (Lipinski definition) is 0.